The fourth-order valence-corrected chi connectivity index (χ4v) is 6.50. The van der Waals surface area contributed by atoms with Gasteiger partial charge in [-0.15, -0.1) is 0 Å². The fraction of sp³-hybridized carbons (Fsp3) is 0.583. The van der Waals surface area contributed by atoms with E-state index in [0.717, 1.165) is 29.0 Å². The number of carbonyl (C=O) groups excluding carboxylic acids is 2. The molecular weight excluding hydrogens is 366 g/mol. The van der Waals surface area contributed by atoms with Crippen molar-refractivity contribution in [3.63, 3.8) is 0 Å². The second-order valence-corrected chi connectivity index (χ2v) is 10.1. The van der Waals surface area contributed by atoms with Gasteiger partial charge in [0.15, 0.2) is 5.57 Å². The van der Waals surface area contributed by atoms with Gasteiger partial charge in [-0.2, -0.15) is 0 Å². The van der Waals surface area contributed by atoms with Crippen LogP contribution in [-0.4, -0.2) is 17.7 Å². The van der Waals surface area contributed by atoms with Crippen molar-refractivity contribution in [1.29, 1.82) is 0 Å². The van der Waals surface area contributed by atoms with E-state index >= 15 is 0 Å². The quantitative estimate of drug-likeness (QED) is 0.460. The monoisotopic (exact) mass is 395 g/mol. The number of ether oxygens (including phenoxy) is 2. The van der Waals surface area contributed by atoms with E-state index in [1.54, 1.807) is 13.8 Å². The van der Waals surface area contributed by atoms with Crippen LogP contribution in [0.1, 0.15) is 63.5 Å². The smallest absolute Gasteiger partial charge is 0.350 e. The third-order valence-corrected chi connectivity index (χ3v) is 7.38. The molecule has 6 rings (SSSR count). The molecule has 4 aliphatic carbocycles. The van der Waals surface area contributed by atoms with Crippen LogP contribution in [0.3, 0.4) is 0 Å². The number of esters is 2. The van der Waals surface area contributed by atoms with Crippen molar-refractivity contribution < 1.29 is 19.1 Å². The minimum absolute atomic E-state index is 0.107. The highest BCUT2D eigenvalue weighted by Crippen LogP contribution is 2.60. The summed E-state index contributed by atoms with van der Waals surface area (Å²) in [5, 5.41) is 3.18. The van der Waals surface area contributed by atoms with Crippen LogP contribution in [0.15, 0.2) is 30.0 Å². The van der Waals surface area contributed by atoms with Gasteiger partial charge < -0.3 is 14.8 Å². The predicted octanol–water partition coefficient (Wildman–Crippen LogP) is 4.59. The molecule has 0 radical (unpaired) electrons. The Morgan fingerprint density at radius 3 is 2.07 bits per heavy atom. The first kappa shape index (κ1) is 18.7. The van der Waals surface area contributed by atoms with E-state index in [4.69, 9.17) is 9.47 Å². The van der Waals surface area contributed by atoms with E-state index in [-0.39, 0.29) is 5.57 Å². The lowest BCUT2D eigenvalue weighted by Gasteiger charge is -2.57. The summed E-state index contributed by atoms with van der Waals surface area (Å²) >= 11 is 0. The average Bonchev–Trinajstić information content (AvgIpc) is 2.60. The van der Waals surface area contributed by atoms with Gasteiger partial charge in [-0.05, 0) is 85.8 Å². The van der Waals surface area contributed by atoms with Crippen molar-refractivity contribution in [3.8, 4) is 0 Å². The summed E-state index contributed by atoms with van der Waals surface area (Å²) in [7, 11) is 0. The van der Waals surface area contributed by atoms with Gasteiger partial charge in [0.1, 0.15) is 0 Å². The van der Waals surface area contributed by atoms with E-state index in [2.05, 4.69) is 23.5 Å². The molecule has 1 saturated heterocycles. The van der Waals surface area contributed by atoms with Gasteiger partial charge >= 0.3 is 11.9 Å². The first-order valence-electron chi connectivity index (χ1n) is 10.8. The highest BCUT2D eigenvalue weighted by molar-refractivity contribution is 6.15. The summed E-state index contributed by atoms with van der Waals surface area (Å²) < 4.78 is 10.3. The lowest BCUT2D eigenvalue weighted by atomic mass is 9.48. The van der Waals surface area contributed by atoms with Crippen LogP contribution in [0.5, 0.6) is 0 Å². The molecule has 5 fully saturated rings. The molecule has 5 nitrogen and oxygen atoms in total. The zero-order valence-corrected chi connectivity index (χ0v) is 17.4. The van der Waals surface area contributed by atoms with Gasteiger partial charge in [0, 0.05) is 25.7 Å². The topological polar surface area (TPSA) is 64.6 Å². The van der Waals surface area contributed by atoms with Crippen molar-refractivity contribution in [2.75, 3.05) is 5.32 Å². The maximum atomic E-state index is 12.2. The molecule has 4 saturated carbocycles. The van der Waals surface area contributed by atoms with E-state index in [0.29, 0.717) is 5.41 Å². The Kier molecular flexibility index (Phi) is 4.10. The second-order valence-electron chi connectivity index (χ2n) is 10.1. The molecule has 5 heteroatoms. The van der Waals surface area contributed by atoms with Crippen LogP contribution in [-0.2, 0) is 24.5 Å². The SMILES string of the molecule is Cc1ccc(C23CC4CC(CC(C4)C2)C3)cc1NC=C1C(=O)OC(C)(C)OC1=O. The lowest BCUT2D eigenvalue weighted by Crippen LogP contribution is -2.48. The number of aryl methyl sites for hydroxylation is 1. The molecule has 1 N–H and O–H groups in total. The average molecular weight is 395 g/mol. The van der Waals surface area contributed by atoms with Crippen LogP contribution in [0, 0.1) is 24.7 Å². The first-order chi connectivity index (χ1) is 13.7. The minimum Gasteiger partial charge on any atom is -0.419 e. The lowest BCUT2D eigenvalue weighted by molar-refractivity contribution is -0.222. The Hall–Kier alpha value is -2.30. The number of rotatable bonds is 3. The van der Waals surface area contributed by atoms with Crippen LogP contribution < -0.4 is 5.32 Å². The Bertz CT molecular complexity index is 856. The molecule has 0 atom stereocenters. The molecule has 1 aromatic carbocycles. The van der Waals surface area contributed by atoms with E-state index < -0.39 is 17.7 Å². The second kappa shape index (κ2) is 6.35. The Morgan fingerprint density at radius 2 is 1.52 bits per heavy atom. The minimum atomic E-state index is -1.22. The highest BCUT2D eigenvalue weighted by atomic mass is 16.7. The summed E-state index contributed by atoms with van der Waals surface area (Å²) in [5.74, 6) is 0.116. The molecule has 0 spiro atoms. The fourth-order valence-electron chi connectivity index (χ4n) is 6.50. The normalized spacial score (nSPS) is 34.6. The number of benzene rings is 1. The van der Waals surface area contributed by atoms with Crippen molar-refractivity contribution in [2.24, 2.45) is 17.8 Å². The molecule has 1 aromatic rings. The van der Waals surface area contributed by atoms with Crippen LogP contribution >= 0.6 is 0 Å². The maximum Gasteiger partial charge on any atom is 0.350 e. The van der Waals surface area contributed by atoms with Crippen LogP contribution in [0.4, 0.5) is 5.69 Å². The summed E-state index contributed by atoms with van der Waals surface area (Å²) in [6.45, 7) is 5.13. The van der Waals surface area contributed by atoms with Gasteiger partial charge in [-0.1, -0.05) is 12.1 Å². The summed E-state index contributed by atoms with van der Waals surface area (Å²) in [6.07, 6.45) is 9.59. The standard InChI is InChI=1S/C24H29NO4/c1-14-4-5-18(24-10-15-6-16(11-24)8-17(7-15)12-24)9-20(14)25-13-19-21(26)28-23(2,3)29-22(19)27/h4-5,9,13,15-17,25H,6-8,10-12H2,1-3H3. The molecule has 4 bridgehead atoms. The zero-order valence-electron chi connectivity index (χ0n) is 17.4. The number of anilines is 1. The predicted molar refractivity (Wildman–Crippen MR) is 109 cm³/mol. The Labute approximate surface area is 171 Å². The Morgan fingerprint density at radius 1 is 0.966 bits per heavy atom. The summed E-state index contributed by atoms with van der Waals surface area (Å²) in [5.41, 5.74) is 3.60. The van der Waals surface area contributed by atoms with Crippen LogP contribution in [0.25, 0.3) is 0 Å². The van der Waals surface area contributed by atoms with Gasteiger partial charge in [0.25, 0.3) is 5.79 Å². The molecule has 0 amide bonds. The van der Waals surface area contributed by atoms with Gasteiger partial charge in [-0.25, -0.2) is 9.59 Å². The molecule has 1 heterocycles. The number of hydrogen-bond donors (Lipinski definition) is 1. The third-order valence-electron chi connectivity index (χ3n) is 7.38. The van der Waals surface area contributed by atoms with Gasteiger partial charge in [-0.3, -0.25) is 0 Å². The largest absolute Gasteiger partial charge is 0.419 e. The summed E-state index contributed by atoms with van der Waals surface area (Å²) in [4.78, 5) is 24.4. The molecule has 5 aliphatic rings. The molecule has 29 heavy (non-hydrogen) atoms. The van der Waals surface area contributed by atoms with Crippen molar-refractivity contribution >= 4 is 17.6 Å². The number of cyclic esters (lactones) is 2. The number of hydrogen-bond acceptors (Lipinski definition) is 5. The van der Waals surface area contributed by atoms with Crippen molar-refractivity contribution in [3.05, 3.63) is 41.1 Å². The zero-order chi connectivity index (χ0) is 20.4. The van der Waals surface area contributed by atoms with E-state index in [1.807, 2.05) is 6.92 Å². The molecule has 0 aromatic heterocycles. The molecule has 1 aliphatic heterocycles. The number of carbonyl (C=O) groups is 2. The maximum absolute atomic E-state index is 12.2. The van der Waals surface area contributed by atoms with Crippen molar-refractivity contribution in [2.45, 2.75) is 70.5 Å². The van der Waals surface area contributed by atoms with Gasteiger partial charge in [0.05, 0.1) is 0 Å². The molecular formula is C24H29NO4. The van der Waals surface area contributed by atoms with Gasteiger partial charge in [0.2, 0.25) is 0 Å². The van der Waals surface area contributed by atoms with E-state index in [1.165, 1.54) is 50.3 Å². The Balaban J connectivity index is 1.41. The molecule has 0 unspecified atom stereocenters. The summed E-state index contributed by atoms with van der Waals surface area (Å²) in [6, 6.07) is 6.66. The highest BCUT2D eigenvalue weighted by Gasteiger charge is 2.51. The third kappa shape index (κ3) is 3.24. The van der Waals surface area contributed by atoms with Crippen LogP contribution in [0.2, 0.25) is 0 Å². The van der Waals surface area contributed by atoms with Crippen molar-refractivity contribution in [1.82, 2.24) is 0 Å². The number of nitrogens with one attached hydrogen (secondary N) is 1. The van der Waals surface area contributed by atoms with E-state index in [9.17, 15) is 9.59 Å². The molecule has 154 valence electrons. The first-order valence-corrected chi connectivity index (χ1v) is 10.8.